The fourth-order valence-electron chi connectivity index (χ4n) is 2.28. The van der Waals surface area contributed by atoms with Gasteiger partial charge in [-0.1, -0.05) is 6.08 Å². The molecule has 0 fully saturated rings. The fourth-order valence-corrected chi connectivity index (χ4v) is 2.28. The second-order valence-corrected chi connectivity index (χ2v) is 4.98. The average Bonchev–Trinajstić information content (AvgIpc) is 2.66. The highest BCUT2D eigenvalue weighted by atomic mass is 16.5. The minimum absolute atomic E-state index is 0.0197. The van der Waals surface area contributed by atoms with Crippen LogP contribution in [0.25, 0.3) is 2.86 Å². The molecular formula is C16H12O9. The van der Waals surface area contributed by atoms with Crippen molar-refractivity contribution in [1.82, 2.24) is 0 Å². The second-order valence-electron chi connectivity index (χ2n) is 4.98. The number of carboxylic acids is 4. The zero-order valence-electron chi connectivity index (χ0n) is 14.4. The van der Waals surface area contributed by atoms with E-state index in [2.05, 4.69) is 10.2 Å². The van der Waals surface area contributed by atoms with E-state index >= 15 is 0 Å². The van der Waals surface area contributed by atoms with Gasteiger partial charge in [-0.2, -0.15) is 0 Å². The van der Waals surface area contributed by atoms with Gasteiger partial charge in [0.25, 0.3) is 2.86 Å². The van der Waals surface area contributed by atoms with Crippen LogP contribution in [0.15, 0.2) is 41.5 Å². The minimum atomic E-state index is -1.43. The van der Waals surface area contributed by atoms with Crippen LogP contribution in [0.4, 0.5) is 0 Å². The van der Waals surface area contributed by atoms with Crippen LogP contribution in [0.5, 0.6) is 5.75 Å². The molecule has 0 heterocycles. The van der Waals surface area contributed by atoms with Crippen molar-refractivity contribution in [2.75, 3.05) is 0 Å². The molecule has 0 radical (unpaired) electrons. The Hall–Kier alpha value is -3.62. The first-order chi connectivity index (χ1) is 12.8. The Bertz CT molecular complexity index is 873. The van der Waals surface area contributed by atoms with Crippen LogP contribution in [0.2, 0.25) is 0 Å². The largest absolute Gasteiger partial charge is 0.486 e. The maximum atomic E-state index is 11.6. The molecule has 0 aromatic heterocycles. The molecule has 25 heavy (non-hydrogen) atoms. The molecule has 1 unspecified atom stereocenters. The van der Waals surface area contributed by atoms with E-state index in [9.17, 15) is 24.3 Å². The molecular weight excluding hydrogens is 336 g/mol. The summed E-state index contributed by atoms with van der Waals surface area (Å²) < 4.78 is 18.8. The van der Waals surface area contributed by atoms with Crippen molar-refractivity contribution in [2.45, 2.75) is 12.5 Å². The number of benzene rings is 1. The molecule has 4 N–H and O–H groups in total. The topological polar surface area (TPSA) is 158 Å². The van der Waals surface area contributed by atoms with Gasteiger partial charge in [-0.05, 0) is 24.3 Å². The van der Waals surface area contributed by atoms with Gasteiger partial charge >= 0.3 is 23.9 Å². The number of rotatable bonds is 6. The molecule has 1 aromatic carbocycles. The summed E-state index contributed by atoms with van der Waals surface area (Å²) in [5.41, 5.74) is -1.53. The van der Waals surface area contributed by atoms with E-state index in [4.69, 9.17) is 12.7 Å². The van der Waals surface area contributed by atoms with Crippen molar-refractivity contribution in [3.63, 3.8) is 0 Å². The lowest BCUT2D eigenvalue weighted by atomic mass is 9.96. The van der Waals surface area contributed by atoms with Gasteiger partial charge in [-0.3, -0.25) is 0 Å². The third-order valence-corrected chi connectivity index (χ3v) is 3.38. The normalized spacial score (nSPS) is 17.2. The summed E-state index contributed by atoms with van der Waals surface area (Å²) in [6, 6.07) is 3.37. The van der Waals surface area contributed by atoms with Crippen LogP contribution in [0, 0.1) is 0 Å². The number of carboxylic acid groups (broad SMARTS) is 4. The third kappa shape index (κ3) is 3.83. The van der Waals surface area contributed by atoms with Crippen LogP contribution in [0.1, 0.15) is 27.1 Å². The van der Waals surface area contributed by atoms with E-state index in [1.54, 1.807) is 0 Å². The highest BCUT2D eigenvalue weighted by molar-refractivity contribution is 6.06. The molecule has 2 rings (SSSR count). The summed E-state index contributed by atoms with van der Waals surface area (Å²) in [6.07, 6.45) is 1.56. The Labute approximate surface area is 143 Å². The van der Waals surface area contributed by atoms with E-state index in [0.29, 0.717) is 0 Å². The summed E-state index contributed by atoms with van der Waals surface area (Å²) in [7, 11) is 0. The number of aliphatic carboxylic acids is 2. The predicted molar refractivity (Wildman–Crippen MR) is 80.8 cm³/mol. The zero-order chi connectivity index (χ0) is 20.1. The lowest BCUT2D eigenvalue weighted by Crippen LogP contribution is -2.23. The maximum absolute atomic E-state index is 11.6. The monoisotopic (exact) mass is 350 g/mol. The van der Waals surface area contributed by atoms with E-state index in [1.807, 2.05) is 0 Å². The van der Waals surface area contributed by atoms with Gasteiger partial charge in [0.05, 0.1) is 22.3 Å². The van der Waals surface area contributed by atoms with E-state index in [-0.39, 0.29) is 17.7 Å². The number of hydrogen-bond donors (Lipinski definition) is 4. The van der Waals surface area contributed by atoms with E-state index in [1.165, 1.54) is 12.1 Å². The van der Waals surface area contributed by atoms with Crippen molar-refractivity contribution in [3.05, 3.63) is 52.6 Å². The fraction of sp³-hybridized carbons (Fsp3) is 0.125. The first-order valence-electron chi connectivity index (χ1n) is 7.64. The number of aromatic carboxylic acids is 2. The summed E-state index contributed by atoms with van der Waals surface area (Å²) in [5, 5.41) is 25.9. The van der Waals surface area contributed by atoms with Crippen LogP contribution in [-0.2, 0) is 9.59 Å². The van der Waals surface area contributed by atoms with Gasteiger partial charge in [0.1, 0.15) is 11.9 Å². The standard InChI is InChI=1S/C16H12O9/c17-13(18)9-3-1-7(5-11(9)15(21)22)25-8-2-4-10(14(19)20)12(6-8)16(23)24/h1,3-6,8H,2H2,(H,17,18)(H,19,20)(H,21,22)(H,23,24)/i/hD2. The molecule has 0 amide bonds. The first-order valence-corrected chi connectivity index (χ1v) is 6.83. The SMILES string of the molecule is [2H]OC(=O)C1=CCC(Oc2ccc(C(=O)O)c(C(=O)O[2H])c2)C=C1C(=O)O. The number of carbonyl (C=O) groups is 4. The Morgan fingerprint density at radius 3 is 2.28 bits per heavy atom. The third-order valence-electron chi connectivity index (χ3n) is 3.38. The Morgan fingerprint density at radius 2 is 1.68 bits per heavy atom. The van der Waals surface area contributed by atoms with Crippen molar-refractivity contribution in [3.8, 4) is 5.75 Å². The Kier molecular flexibility index (Phi) is 4.11. The highest BCUT2D eigenvalue weighted by Crippen LogP contribution is 2.25. The van der Waals surface area contributed by atoms with Gasteiger partial charge in [0, 0.05) is 6.42 Å². The maximum Gasteiger partial charge on any atom is 0.336 e. The van der Waals surface area contributed by atoms with Gasteiger partial charge in [0.2, 0.25) is 0 Å². The summed E-state index contributed by atoms with van der Waals surface area (Å²) >= 11 is 0. The molecule has 1 atom stereocenters. The van der Waals surface area contributed by atoms with Gasteiger partial charge in [-0.25, -0.2) is 19.2 Å². The lowest BCUT2D eigenvalue weighted by Gasteiger charge is -2.20. The van der Waals surface area contributed by atoms with E-state index < -0.39 is 46.7 Å². The molecule has 1 aromatic rings. The first kappa shape index (κ1) is 14.9. The van der Waals surface area contributed by atoms with Crippen LogP contribution >= 0.6 is 0 Å². The molecule has 0 aliphatic heterocycles. The molecule has 1 aliphatic rings. The Balaban J connectivity index is 2.31. The molecule has 0 bridgehead atoms. The van der Waals surface area contributed by atoms with Crippen molar-refractivity contribution in [1.29, 1.82) is 2.86 Å². The van der Waals surface area contributed by atoms with Crippen molar-refractivity contribution >= 4 is 23.9 Å². The molecule has 9 heteroatoms. The zero-order valence-corrected chi connectivity index (χ0v) is 12.4. The number of ether oxygens (including phenoxy) is 1. The van der Waals surface area contributed by atoms with Gasteiger partial charge in [0.15, 0.2) is 0 Å². The molecule has 0 spiro atoms. The quantitative estimate of drug-likeness (QED) is 0.592. The predicted octanol–water partition coefficient (Wildman–Crippen LogP) is 1.26. The van der Waals surface area contributed by atoms with Crippen molar-refractivity contribution in [2.24, 2.45) is 0 Å². The van der Waals surface area contributed by atoms with Gasteiger partial charge in [-0.15, -0.1) is 0 Å². The lowest BCUT2D eigenvalue weighted by molar-refractivity contribution is -0.136. The smallest absolute Gasteiger partial charge is 0.336 e. The summed E-state index contributed by atoms with van der Waals surface area (Å²) in [4.78, 5) is 45.5. The average molecular weight is 350 g/mol. The molecule has 9 nitrogen and oxygen atoms in total. The summed E-state index contributed by atoms with van der Waals surface area (Å²) in [5.74, 6) is -5.16. The Morgan fingerprint density at radius 1 is 0.960 bits per heavy atom. The minimum Gasteiger partial charge on any atom is -0.486 e. The van der Waals surface area contributed by atoms with Gasteiger partial charge < -0.3 is 25.2 Å². The molecule has 0 saturated carbocycles. The molecule has 0 saturated heterocycles. The summed E-state index contributed by atoms with van der Waals surface area (Å²) in [6.45, 7) is 0. The molecule has 1 aliphatic carbocycles. The molecule has 130 valence electrons. The van der Waals surface area contributed by atoms with Crippen molar-refractivity contribution < 1.29 is 44.3 Å². The number of hydrogen-bond acceptors (Lipinski definition) is 7. The second kappa shape index (κ2) is 6.87. The van der Waals surface area contributed by atoms with E-state index in [0.717, 1.165) is 18.2 Å². The van der Waals surface area contributed by atoms with Crippen LogP contribution < -0.4 is 4.74 Å². The van der Waals surface area contributed by atoms with Crippen LogP contribution in [0.3, 0.4) is 0 Å². The van der Waals surface area contributed by atoms with Crippen LogP contribution in [-0.4, -0.2) is 50.4 Å². The highest BCUT2D eigenvalue weighted by Gasteiger charge is 2.26.